The summed E-state index contributed by atoms with van der Waals surface area (Å²) >= 11 is 0. The Morgan fingerprint density at radius 2 is 0.790 bits per heavy atom. The lowest BCUT2D eigenvalue weighted by atomic mass is 9.86. The fourth-order valence-electron chi connectivity index (χ4n) is 13.1. The SMILES string of the molecule is Cc1ccc2c(c1)c1ccccc1n2-c1c(C#N)c(-n2c3ccccc3c3cc(C)ccc32)c(-c2ccc(-c3ccccc3)nc2-c2ccccc2)c(-n2c3ccccc3c3cc(C)ccc32)c1-c1ccc2c(c1)oc1ccccc12. The van der Waals surface area contributed by atoms with E-state index in [-0.39, 0.29) is 0 Å². The van der Waals surface area contributed by atoms with E-state index in [4.69, 9.17) is 9.40 Å². The summed E-state index contributed by atoms with van der Waals surface area (Å²) in [6.45, 7) is 6.48. The quantitative estimate of drug-likeness (QED) is 0.160. The van der Waals surface area contributed by atoms with Gasteiger partial charge in [-0.3, -0.25) is 0 Å². The fraction of sp³-hybridized carbons (Fsp3) is 0.0400. The van der Waals surface area contributed by atoms with Crippen molar-refractivity contribution in [2.45, 2.75) is 20.8 Å². The zero-order chi connectivity index (χ0) is 54.0. The maximum atomic E-state index is 12.9. The molecule has 11 aromatic carbocycles. The van der Waals surface area contributed by atoms with Crippen LogP contribution in [0.15, 0.2) is 247 Å². The summed E-state index contributed by atoms with van der Waals surface area (Å²) in [6.07, 6.45) is 0. The monoisotopic (exact) mass is 1040 g/mol. The summed E-state index contributed by atoms with van der Waals surface area (Å²) in [5.41, 5.74) is 21.0. The second-order valence-corrected chi connectivity index (χ2v) is 21.5. The molecule has 0 fully saturated rings. The summed E-state index contributed by atoms with van der Waals surface area (Å²) in [5.74, 6) is 0. The zero-order valence-corrected chi connectivity index (χ0v) is 44.7. The highest BCUT2D eigenvalue weighted by Crippen LogP contribution is 2.54. The highest BCUT2D eigenvalue weighted by atomic mass is 16.3. The van der Waals surface area contributed by atoms with E-state index in [1.54, 1.807) is 0 Å². The number of pyridine rings is 1. The number of hydrogen-bond donors (Lipinski definition) is 0. The highest BCUT2D eigenvalue weighted by molar-refractivity contribution is 6.17. The van der Waals surface area contributed by atoms with E-state index in [1.165, 1.54) is 0 Å². The molecule has 0 radical (unpaired) electrons. The number of furan rings is 1. The average Bonchev–Trinajstić information content (AvgIpc) is 2.54. The number of rotatable bonds is 7. The number of aryl methyl sites for hydroxylation is 3. The lowest BCUT2D eigenvalue weighted by Crippen LogP contribution is -2.14. The van der Waals surface area contributed by atoms with Crippen LogP contribution in [0, 0.1) is 32.1 Å². The molecule has 0 bridgehead atoms. The largest absolute Gasteiger partial charge is 0.456 e. The minimum absolute atomic E-state index is 0.502. The third-order valence-corrected chi connectivity index (χ3v) is 16.6. The standard InChI is InChI=1S/C75H49N5O/c1-45-30-37-65-57(40-45)51-22-10-14-26-62(51)78(65)73-60(44-76)74(79-63-27-15-11-23-52(63)58-41-46(2)31-38-66(58)79)71(56-35-36-61(48-18-6-4-7-19-48)77-72(56)49-20-8-5-9-21-49)75(80-64-28-16-12-24-53(64)59-42-47(3)32-39-67(59)80)70(73)50-33-34-55-54-25-13-17-29-68(54)81-69(55)43-50/h4-43H,1-3H3. The molecular formula is C75H49N5O. The van der Waals surface area contributed by atoms with Gasteiger partial charge in [-0.1, -0.05) is 174 Å². The number of hydrogen-bond acceptors (Lipinski definition) is 3. The van der Waals surface area contributed by atoms with Crippen molar-refractivity contribution in [2.75, 3.05) is 0 Å². The topological polar surface area (TPSA) is 64.6 Å². The Bertz CT molecular complexity index is 5340. The second kappa shape index (κ2) is 17.9. The van der Waals surface area contributed by atoms with Crippen LogP contribution < -0.4 is 0 Å². The number of benzene rings is 11. The van der Waals surface area contributed by atoms with Crippen molar-refractivity contribution in [1.29, 1.82) is 5.26 Å². The average molecular weight is 1040 g/mol. The molecule has 0 saturated carbocycles. The zero-order valence-electron chi connectivity index (χ0n) is 44.7. The van der Waals surface area contributed by atoms with Gasteiger partial charge in [-0.05, 0) is 111 Å². The van der Waals surface area contributed by atoms with Crippen molar-refractivity contribution in [2.24, 2.45) is 0 Å². The van der Waals surface area contributed by atoms with Gasteiger partial charge >= 0.3 is 0 Å². The summed E-state index contributed by atoms with van der Waals surface area (Å²) < 4.78 is 14.1. The molecule has 0 amide bonds. The third-order valence-electron chi connectivity index (χ3n) is 16.6. The van der Waals surface area contributed by atoms with Crippen molar-refractivity contribution >= 4 is 87.4 Å². The van der Waals surface area contributed by atoms with Crippen LogP contribution in [0.1, 0.15) is 22.3 Å². The van der Waals surface area contributed by atoms with Gasteiger partial charge in [-0.25, -0.2) is 4.98 Å². The Labute approximate surface area is 466 Å². The van der Waals surface area contributed by atoms with E-state index in [0.717, 1.165) is 166 Å². The first-order chi connectivity index (χ1) is 39.9. The summed E-state index contributed by atoms with van der Waals surface area (Å²) in [4.78, 5) is 5.77. The van der Waals surface area contributed by atoms with Gasteiger partial charge in [-0.15, -0.1) is 0 Å². The minimum atomic E-state index is 0.502. The van der Waals surface area contributed by atoms with Crippen molar-refractivity contribution in [1.82, 2.24) is 18.7 Å². The Kier molecular flexibility index (Phi) is 10.2. The predicted molar refractivity (Wildman–Crippen MR) is 335 cm³/mol. The van der Waals surface area contributed by atoms with Gasteiger partial charge in [0.2, 0.25) is 0 Å². The lowest BCUT2D eigenvalue weighted by Gasteiger charge is -2.29. The van der Waals surface area contributed by atoms with E-state index < -0.39 is 0 Å². The van der Waals surface area contributed by atoms with Crippen LogP contribution in [0.25, 0.3) is 149 Å². The van der Waals surface area contributed by atoms with Crippen molar-refractivity contribution < 1.29 is 4.42 Å². The van der Waals surface area contributed by atoms with Crippen LogP contribution in [0.2, 0.25) is 0 Å². The predicted octanol–water partition coefficient (Wildman–Crippen LogP) is 19.7. The smallest absolute Gasteiger partial charge is 0.136 e. The number of fused-ring (bicyclic) bond motifs is 12. The third kappa shape index (κ3) is 6.95. The van der Waals surface area contributed by atoms with Gasteiger partial charge in [0.05, 0.1) is 61.6 Å². The molecule has 81 heavy (non-hydrogen) atoms. The molecule has 0 saturated heterocycles. The molecule has 6 heteroatoms. The number of nitriles is 1. The maximum Gasteiger partial charge on any atom is 0.136 e. The first-order valence-electron chi connectivity index (χ1n) is 27.6. The van der Waals surface area contributed by atoms with Crippen LogP contribution in [0.3, 0.4) is 0 Å². The molecule has 0 aliphatic rings. The molecule has 0 spiro atoms. The van der Waals surface area contributed by atoms with Crippen LogP contribution in [-0.2, 0) is 0 Å². The van der Waals surface area contributed by atoms with E-state index >= 15 is 0 Å². The molecule has 5 heterocycles. The first kappa shape index (κ1) is 46.4. The summed E-state index contributed by atoms with van der Waals surface area (Å²) in [7, 11) is 0. The first-order valence-corrected chi connectivity index (χ1v) is 27.6. The molecule has 6 nitrogen and oxygen atoms in total. The number of para-hydroxylation sites is 4. The normalized spacial score (nSPS) is 11.9. The van der Waals surface area contributed by atoms with Gasteiger partial charge in [-0.2, -0.15) is 5.26 Å². The molecule has 0 aliphatic carbocycles. The minimum Gasteiger partial charge on any atom is -0.456 e. The van der Waals surface area contributed by atoms with Crippen LogP contribution in [0.4, 0.5) is 0 Å². The Morgan fingerprint density at radius 1 is 0.346 bits per heavy atom. The van der Waals surface area contributed by atoms with Gasteiger partial charge in [0.25, 0.3) is 0 Å². The molecule has 0 atom stereocenters. The van der Waals surface area contributed by atoms with E-state index in [1.807, 2.05) is 18.2 Å². The Hall–Kier alpha value is -10.7. The van der Waals surface area contributed by atoms with Crippen LogP contribution in [0.5, 0.6) is 0 Å². The van der Waals surface area contributed by atoms with E-state index in [9.17, 15) is 5.26 Å². The molecule has 0 aliphatic heterocycles. The van der Waals surface area contributed by atoms with Gasteiger partial charge < -0.3 is 18.1 Å². The Balaban J connectivity index is 1.24. The van der Waals surface area contributed by atoms with E-state index in [0.29, 0.717) is 5.56 Å². The lowest BCUT2D eigenvalue weighted by molar-refractivity contribution is 0.669. The molecular weight excluding hydrogens is 987 g/mol. The van der Waals surface area contributed by atoms with E-state index in [2.05, 4.69) is 265 Å². The fourth-order valence-corrected chi connectivity index (χ4v) is 13.1. The molecule has 380 valence electrons. The summed E-state index contributed by atoms with van der Waals surface area (Å²) in [5, 5.41) is 21.6. The molecule has 5 aromatic heterocycles. The van der Waals surface area contributed by atoms with Crippen LogP contribution in [-0.4, -0.2) is 18.7 Å². The van der Waals surface area contributed by atoms with Crippen molar-refractivity contribution in [3.63, 3.8) is 0 Å². The van der Waals surface area contributed by atoms with Gasteiger partial charge in [0.1, 0.15) is 22.8 Å². The molecule has 0 unspecified atom stereocenters. The van der Waals surface area contributed by atoms with Crippen molar-refractivity contribution in [3.8, 4) is 67.9 Å². The number of nitrogens with zero attached hydrogens (tertiary/aromatic N) is 5. The molecule has 16 rings (SSSR count). The van der Waals surface area contributed by atoms with Gasteiger partial charge in [0.15, 0.2) is 0 Å². The molecule has 0 N–H and O–H groups in total. The highest BCUT2D eigenvalue weighted by Gasteiger charge is 2.35. The van der Waals surface area contributed by atoms with Crippen molar-refractivity contribution in [3.05, 3.63) is 265 Å². The Morgan fingerprint density at radius 3 is 1.33 bits per heavy atom. The van der Waals surface area contributed by atoms with Gasteiger partial charge in [0, 0.05) is 70.9 Å². The number of aromatic nitrogens is 4. The summed E-state index contributed by atoms with van der Waals surface area (Å²) in [6, 6.07) is 89.7. The molecule has 16 aromatic rings. The van der Waals surface area contributed by atoms with Crippen LogP contribution >= 0.6 is 0 Å². The second-order valence-electron chi connectivity index (χ2n) is 21.5. The maximum absolute atomic E-state index is 12.9.